The summed E-state index contributed by atoms with van der Waals surface area (Å²) < 4.78 is 0. The van der Waals surface area contributed by atoms with E-state index in [1.807, 2.05) is 19.3 Å². The van der Waals surface area contributed by atoms with E-state index in [9.17, 15) is 0 Å². The number of aromatic nitrogens is 1. The summed E-state index contributed by atoms with van der Waals surface area (Å²) in [6.07, 6.45) is 6.99. The maximum absolute atomic E-state index is 4.37. The summed E-state index contributed by atoms with van der Waals surface area (Å²) in [5.41, 5.74) is 2.29. The highest BCUT2D eigenvalue weighted by atomic mass is 127. The molecule has 19 heavy (non-hydrogen) atoms. The van der Waals surface area contributed by atoms with Crippen LogP contribution in [0.3, 0.4) is 0 Å². The molecule has 1 heterocycles. The zero-order valence-electron chi connectivity index (χ0n) is 11.6. The van der Waals surface area contributed by atoms with Crippen LogP contribution in [-0.2, 0) is 6.54 Å². The molecule has 2 N–H and O–H groups in total. The fourth-order valence-electron chi connectivity index (χ4n) is 2.33. The zero-order valence-corrected chi connectivity index (χ0v) is 14.0. The minimum atomic E-state index is 0. The molecule has 1 aromatic heterocycles. The SMILES string of the molecule is CN=C(NCc1ncccc1C)NC1CCCC1.I. The molecule has 1 fully saturated rings. The molecule has 0 atom stereocenters. The van der Waals surface area contributed by atoms with Gasteiger partial charge in [-0.2, -0.15) is 0 Å². The van der Waals surface area contributed by atoms with Gasteiger partial charge in [-0.1, -0.05) is 18.9 Å². The number of pyridine rings is 1. The molecule has 1 aliphatic rings. The van der Waals surface area contributed by atoms with Crippen LogP contribution in [0, 0.1) is 6.92 Å². The number of aryl methyl sites for hydroxylation is 1. The van der Waals surface area contributed by atoms with Crippen LogP contribution in [0.25, 0.3) is 0 Å². The lowest BCUT2D eigenvalue weighted by atomic mass is 10.2. The molecular formula is C14H23IN4. The first-order valence-electron chi connectivity index (χ1n) is 6.67. The topological polar surface area (TPSA) is 49.3 Å². The number of guanidine groups is 1. The highest BCUT2D eigenvalue weighted by molar-refractivity contribution is 14.0. The first kappa shape index (κ1) is 16.2. The first-order valence-corrected chi connectivity index (χ1v) is 6.67. The summed E-state index contributed by atoms with van der Waals surface area (Å²) in [5, 5.41) is 6.80. The third-order valence-corrected chi connectivity index (χ3v) is 3.46. The number of aliphatic imine (C=N–C) groups is 1. The summed E-state index contributed by atoms with van der Waals surface area (Å²) >= 11 is 0. The van der Waals surface area contributed by atoms with E-state index in [0.29, 0.717) is 6.04 Å². The van der Waals surface area contributed by atoms with Gasteiger partial charge in [0, 0.05) is 19.3 Å². The van der Waals surface area contributed by atoms with Gasteiger partial charge < -0.3 is 10.6 Å². The number of hydrogen-bond acceptors (Lipinski definition) is 2. The normalized spacial score (nSPS) is 16.0. The van der Waals surface area contributed by atoms with Crippen molar-refractivity contribution in [1.82, 2.24) is 15.6 Å². The Labute approximate surface area is 132 Å². The van der Waals surface area contributed by atoms with Crippen LogP contribution >= 0.6 is 24.0 Å². The minimum absolute atomic E-state index is 0. The van der Waals surface area contributed by atoms with E-state index in [1.54, 1.807) is 0 Å². The molecule has 0 aliphatic heterocycles. The molecule has 1 aromatic rings. The molecule has 0 spiro atoms. The molecule has 0 aromatic carbocycles. The Morgan fingerprint density at radius 3 is 2.79 bits per heavy atom. The Kier molecular flexibility index (Phi) is 7.12. The third kappa shape index (κ3) is 4.97. The second-order valence-corrected chi connectivity index (χ2v) is 4.82. The van der Waals surface area contributed by atoms with Crippen molar-refractivity contribution in [2.45, 2.75) is 45.2 Å². The molecule has 0 radical (unpaired) electrons. The molecule has 0 unspecified atom stereocenters. The molecule has 106 valence electrons. The Balaban J connectivity index is 0.00000180. The number of rotatable bonds is 3. The van der Waals surface area contributed by atoms with Gasteiger partial charge in [0.25, 0.3) is 0 Å². The lowest BCUT2D eigenvalue weighted by Gasteiger charge is -2.17. The van der Waals surface area contributed by atoms with Crippen molar-refractivity contribution >= 4 is 29.9 Å². The molecule has 1 aliphatic carbocycles. The Morgan fingerprint density at radius 1 is 1.42 bits per heavy atom. The molecule has 0 saturated heterocycles. The standard InChI is InChI=1S/C14H22N4.HI/c1-11-6-5-9-16-13(11)10-17-14(15-2)18-12-7-3-4-8-12;/h5-6,9,12H,3-4,7-8,10H2,1-2H3,(H2,15,17,18);1H. The van der Waals surface area contributed by atoms with Crippen LogP contribution in [0.2, 0.25) is 0 Å². The minimum Gasteiger partial charge on any atom is -0.354 e. The average Bonchev–Trinajstić information content (AvgIpc) is 2.89. The van der Waals surface area contributed by atoms with Crippen molar-refractivity contribution in [3.63, 3.8) is 0 Å². The predicted octanol–water partition coefficient (Wildman–Crippen LogP) is 2.62. The highest BCUT2D eigenvalue weighted by Gasteiger charge is 2.15. The first-order chi connectivity index (χ1) is 8.79. The highest BCUT2D eigenvalue weighted by Crippen LogP contribution is 2.17. The Bertz CT molecular complexity index is 414. The van der Waals surface area contributed by atoms with E-state index >= 15 is 0 Å². The van der Waals surface area contributed by atoms with E-state index in [-0.39, 0.29) is 24.0 Å². The average molecular weight is 374 g/mol. The van der Waals surface area contributed by atoms with Gasteiger partial charge in [-0.05, 0) is 31.4 Å². The molecule has 0 amide bonds. The van der Waals surface area contributed by atoms with E-state index in [1.165, 1.54) is 31.2 Å². The summed E-state index contributed by atoms with van der Waals surface area (Å²) in [6, 6.07) is 4.63. The van der Waals surface area contributed by atoms with Gasteiger partial charge in [-0.3, -0.25) is 9.98 Å². The van der Waals surface area contributed by atoms with Crippen molar-refractivity contribution < 1.29 is 0 Å². The molecular weight excluding hydrogens is 351 g/mol. The third-order valence-electron chi connectivity index (χ3n) is 3.46. The van der Waals surface area contributed by atoms with Gasteiger partial charge in [-0.15, -0.1) is 24.0 Å². The summed E-state index contributed by atoms with van der Waals surface area (Å²) in [6.45, 7) is 2.80. The Hall–Kier alpha value is -0.850. The smallest absolute Gasteiger partial charge is 0.191 e. The lowest BCUT2D eigenvalue weighted by molar-refractivity contribution is 0.612. The quantitative estimate of drug-likeness (QED) is 0.486. The summed E-state index contributed by atoms with van der Waals surface area (Å²) in [4.78, 5) is 8.63. The molecule has 5 heteroatoms. The second-order valence-electron chi connectivity index (χ2n) is 4.82. The second kappa shape index (κ2) is 8.35. The van der Waals surface area contributed by atoms with E-state index in [4.69, 9.17) is 0 Å². The van der Waals surface area contributed by atoms with Crippen LogP contribution in [0.5, 0.6) is 0 Å². The van der Waals surface area contributed by atoms with Crippen LogP contribution < -0.4 is 10.6 Å². The largest absolute Gasteiger partial charge is 0.354 e. The van der Waals surface area contributed by atoms with Crippen molar-refractivity contribution in [3.8, 4) is 0 Å². The van der Waals surface area contributed by atoms with E-state index in [2.05, 4.69) is 33.6 Å². The predicted molar refractivity (Wildman–Crippen MR) is 90.0 cm³/mol. The van der Waals surface area contributed by atoms with Gasteiger partial charge in [0.1, 0.15) is 0 Å². The van der Waals surface area contributed by atoms with Crippen molar-refractivity contribution in [2.24, 2.45) is 4.99 Å². The van der Waals surface area contributed by atoms with E-state index in [0.717, 1.165) is 18.2 Å². The number of hydrogen-bond donors (Lipinski definition) is 2. The van der Waals surface area contributed by atoms with Crippen molar-refractivity contribution in [3.05, 3.63) is 29.6 Å². The lowest BCUT2D eigenvalue weighted by Crippen LogP contribution is -2.42. The molecule has 4 nitrogen and oxygen atoms in total. The van der Waals surface area contributed by atoms with Gasteiger partial charge in [0.15, 0.2) is 5.96 Å². The van der Waals surface area contributed by atoms with Crippen LogP contribution in [0.15, 0.2) is 23.3 Å². The maximum atomic E-state index is 4.37. The maximum Gasteiger partial charge on any atom is 0.191 e. The van der Waals surface area contributed by atoms with Crippen LogP contribution in [-0.4, -0.2) is 24.0 Å². The molecule has 2 rings (SSSR count). The zero-order chi connectivity index (χ0) is 12.8. The van der Waals surface area contributed by atoms with Crippen LogP contribution in [0.4, 0.5) is 0 Å². The van der Waals surface area contributed by atoms with Crippen molar-refractivity contribution in [1.29, 1.82) is 0 Å². The number of nitrogens with zero attached hydrogens (tertiary/aromatic N) is 2. The van der Waals surface area contributed by atoms with E-state index < -0.39 is 0 Å². The van der Waals surface area contributed by atoms with Crippen molar-refractivity contribution in [2.75, 3.05) is 7.05 Å². The van der Waals surface area contributed by atoms with Gasteiger partial charge in [0.2, 0.25) is 0 Å². The summed E-state index contributed by atoms with van der Waals surface area (Å²) in [7, 11) is 1.82. The number of halogens is 1. The number of nitrogens with one attached hydrogen (secondary N) is 2. The molecule has 0 bridgehead atoms. The summed E-state index contributed by atoms with van der Waals surface area (Å²) in [5.74, 6) is 0.881. The van der Waals surface area contributed by atoms with Crippen LogP contribution in [0.1, 0.15) is 36.9 Å². The van der Waals surface area contributed by atoms with Gasteiger partial charge in [-0.25, -0.2) is 0 Å². The fraction of sp³-hybridized carbons (Fsp3) is 0.571. The Morgan fingerprint density at radius 2 is 2.16 bits per heavy atom. The molecule has 1 saturated carbocycles. The fourth-order valence-corrected chi connectivity index (χ4v) is 2.33. The van der Waals surface area contributed by atoms with Gasteiger partial charge >= 0.3 is 0 Å². The monoisotopic (exact) mass is 374 g/mol. The van der Waals surface area contributed by atoms with Gasteiger partial charge in [0.05, 0.1) is 12.2 Å².